The molecule has 2 heterocycles. The monoisotopic (exact) mass is 592 g/mol. The summed E-state index contributed by atoms with van der Waals surface area (Å²) in [5.74, 6) is 4.14. The van der Waals surface area contributed by atoms with Gasteiger partial charge in [0.15, 0.2) is 0 Å². The fourth-order valence-corrected chi connectivity index (χ4v) is 7.44. The van der Waals surface area contributed by atoms with Crippen molar-refractivity contribution in [3.63, 3.8) is 0 Å². The number of alkyl halides is 3. The molecule has 238 valence electrons. The van der Waals surface area contributed by atoms with Crippen LogP contribution in [0, 0.1) is 46.3 Å². The predicted octanol–water partition coefficient (Wildman–Crippen LogP) is 9.70. The first-order chi connectivity index (χ1) is 19.8. The zero-order valence-corrected chi connectivity index (χ0v) is 27.3. The topological polar surface area (TPSA) is 53.3 Å². The third kappa shape index (κ3) is 8.97. The number of halogens is 3. The smallest absolute Gasteiger partial charge is 0.381 e. The number of rotatable bonds is 3. The fourth-order valence-electron chi connectivity index (χ4n) is 7.44. The van der Waals surface area contributed by atoms with Gasteiger partial charge in [0.1, 0.15) is 5.78 Å². The summed E-state index contributed by atoms with van der Waals surface area (Å²) in [6.45, 7) is 19.5. The number of fused-ring (bicyclic) bond motifs is 1. The van der Waals surface area contributed by atoms with E-state index in [0.29, 0.717) is 17.4 Å². The molecule has 1 aromatic carbocycles. The molecule has 7 heteroatoms. The zero-order valence-electron chi connectivity index (χ0n) is 27.3. The minimum Gasteiger partial charge on any atom is -0.381 e. The molecule has 2 saturated heterocycles. The Kier molecular flexibility index (Phi) is 13.9. The van der Waals surface area contributed by atoms with E-state index in [0.717, 1.165) is 62.3 Å². The number of benzene rings is 1. The second-order valence-corrected chi connectivity index (χ2v) is 13.1. The standard InChI is InChI=1S/C15H17F3N2.C11H18O.C7H14O.C2H6/c1-3-12-6-10(2)9-20(12)13-5-4-11(8-19)14(7-13)15(16,17)18;1-8-6-10-4-3-5-11(10,7-8)9(2)12;1-6-3-4-8-5-7(6)2;1-2/h4-5,7,10,12H,3,6,9H2,1-2H3;8,10H,3-7H2,1-2H3;6-7H,3-5H2,1-2H3;1-2H3. The molecular formula is C35H55F3N2O2. The first-order valence-corrected chi connectivity index (χ1v) is 16.3. The van der Waals surface area contributed by atoms with Crippen molar-refractivity contribution in [3.05, 3.63) is 29.3 Å². The van der Waals surface area contributed by atoms with Gasteiger partial charge in [-0.15, -0.1) is 0 Å². The maximum Gasteiger partial charge on any atom is 0.417 e. The molecule has 7 unspecified atom stereocenters. The Labute approximate surface area is 253 Å². The molecule has 7 atom stereocenters. The lowest BCUT2D eigenvalue weighted by molar-refractivity contribution is -0.137. The highest BCUT2D eigenvalue weighted by Crippen LogP contribution is 2.56. The molecule has 2 saturated carbocycles. The first-order valence-electron chi connectivity index (χ1n) is 16.3. The van der Waals surface area contributed by atoms with E-state index >= 15 is 0 Å². The highest BCUT2D eigenvalue weighted by atomic mass is 19.4. The van der Waals surface area contributed by atoms with Crippen LogP contribution in [0.4, 0.5) is 18.9 Å². The maximum atomic E-state index is 13.0. The molecule has 4 fully saturated rings. The molecule has 42 heavy (non-hydrogen) atoms. The average Bonchev–Trinajstić information content (AvgIpc) is 3.63. The van der Waals surface area contributed by atoms with Crippen molar-refractivity contribution in [2.24, 2.45) is 35.0 Å². The Morgan fingerprint density at radius 2 is 1.79 bits per heavy atom. The Balaban J connectivity index is 0.000000236. The van der Waals surface area contributed by atoms with E-state index in [1.807, 2.05) is 25.7 Å². The summed E-state index contributed by atoms with van der Waals surface area (Å²) in [5, 5.41) is 8.81. The number of hydrogen-bond donors (Lipinski definition) is 0. The number of carbonyl (C=O) groups excluding carboxylic acids is 1. The van der Waals surface area contributed by atoms with Crippen molar-refractivity contribution in [3.8, 4) is 6.07 Å². The van der Waals surface area contributed by atoms with Crippen LogP contribution >= 0.6 is 0 Å². The van der Waals surface area contributed by atoms with Crippen LogP contribution < -0.4 is 4.90 Å². The summed E-state index contributed by atoms with van der Waals surface area (Å²) in [7, 11) is 0. The van der Waals surface area contributed by atoms with Crippen LogP contribution in [0.25, 0.3) is 0 Å². The van der Waals surface area contributed by atoms with Gasteiger partial charge in [-0.2, -0.15) is 18.4 Å². The summed E-state index contributed by atoms with van der Waals surface area (Å²) >= 11 is 0. The Hall–Kier alpha value is -2.07. The molecular weight excluding hydrogens is 537 g/mol. The van der Waals surface area contributed by atoms with E-state index < -0.39 is 11.7 Å². The van der Waals surface area contributed by atoms with Crippen LogP contribution in [-0.4, -0.2) is 31.6 Å². The largest absolute Gasteiger partial charge is 0.417 e. The third-order valence-electron chi connectivity index (χ3n) is 9.98. The summed E-state index contributed by atoms with van der Waals surface area (Å²) in [6, 6.07) is 5.89. The van der Waals surface area contributed by atoms with Crippen LogP contribution in [-0.2, 0) is 15.7 Å². The number of Topliss-reactive ketones (excluding diaryl/α,β-unsaturated/α-hetero) is 1. The number of ketones is 1. The predicted molar refractivity (Wildman–Crippen MR) is 165 cm³/mol. The van der Waals surface area contributed by atoms with Gasteiger partial charge in [0.05, 0.1) is 17.2 Å². The summed E-state index contributed by atoms with van der Waals surface area (Å²) < 4.78 is 44.2. The van der Waals surface area contributed by atoms with E-state index in [1.165, 1.54) is 44.6 Å². The van der Waals surface area contributed by atoms with E-state index in [4.69, 9.17) is 10.00 Å². The van der Waals surface area contributed by atoms with Gasteiger partial charge in [0, 0.05) is 36.9 Å². The molecule has 0 bridgehead atoms. The number of nitrogens with zero attached hydrogens (tertiary/aromatic N) is 2. The highest BCUT2D eigenvalue weighted by Gasteiger charge is 2.51. The molecule has 5 rings (SSSR count). The van der Waals surface area contributed by atoms with E-state index in [-0.39, 0.29) is 17.0 Å². The van der Waals surface area contributed by atoms with Gasteiger partial charge in [-0.1, -0.05) is 54.9 Å². The average molecular weight is 593 g/mol. The van der Waals surface area contributed by atoms with Crippen LogP contribution in [0.15, 0.2) is 18.2 Å². The summed E-state index contributed by atoms with van der Waals surface area (Å²) in [4.78, 5) is 13.6. The number of carbonyl (C=O) groups is 1. The van der Waals surface area contributed by atoms with Crippen LogP contribution in [0.2, 0.25) is 0 Å². The van der Waals surface area contributed by atoms with Gasteiger partial charge in [-0.3, -0.25) is 4.79 Å². The van der Waals surface area contributed by atoms with Crippen molar-refractivity contribution in [2.75, 3.05) is 24.7 Å². The number of anilines is 1. The SMILES string of the molecule is CC.CC(=O)C12CCCC1CC(C)C2.CC1CCOCC1C.CCC1CC(C)CN1c1ccc(C#N)c(C(F)(F)F)c1. The molecule has 4 aliphatic rings. The van der Waals surface area contributed by atoms with Gasteiger partial charge in [0.2, 0.25) is 0 Å². The minimum absolute atomic E-state index is 0.138. The third-order valence-corrected chi connectivity index (χ3v) is 9.98. The molecule has 1 aromatic rings. The molecule has 0 amide bonds. The number of ether oxygens (including phenoxy) is 1. The van der Waals surface area contributed by atoms with Gasteiger partial charge < -0.3 is 9.64 Å². The first kappa shape index (κ1) is 36.1. The second kappa shape index (κ2) is 16.1. The summed E-state index contributed by atoms with van der Waals surface area (Å²) in [6.07, 6.45) is 4.92. The maximum absolute atomic E-state index is 13.0. The molecule has 2 aliphatic heterocycles. The Morgan fingerprint density at radius 3 is 2.29 bits per heavy atom. The highest BCUT2D eigenvalue weighted by molar-refractivity contribution is 5.83. The minimum atomic E-state index is -4.49. The van der Waals surface area contributed by atoms with E-state index in [2.05, 4.69) is 27.7 Å². The molecule has 0 radical (unpaired) electrons. The van der Waals surface area contributed by atoms with Gasteiger partial charge >= 0.3 is 6.18 Å². The fraction of sp³-hybridized carbons (Fsp3) is 0.771. The van der Waals surface area contributed by atoms with Crippen molar-refractivity contribution in [2.45, 2.75) is 119 Å². The van der Waals surface area contributed by atoms with Crippen molar-refractivity contribution >= 4 is 11.5 Å². The molecule has 0 aromatic heterocycles. The number of nitriles is 1. The van der Waals surface area contributed by atoms with E-state index in [9.17, 15) is 18.0 Å². The van der Waals surface area contributed by atoms with Crippen molar-refractivity contribution < 1.29 is 22.7 Å². The quantitative estimate of drug-likeness (QED) is 0.351. The molecule has 2 aliphatic carbocycles. The van der Waals surface area contributed by atoms with Crippen LogP contribution in [0.3, 0.4) is 0 Å². The normalized spacial score (nSPS) is 31.8. The van der Waals surface area contributed by atoms with Crippen LogP contribution in [0.5, 0.6) is 0 Å². The number of hydrogen-bond acceptors (Lipinski definition) is 4. The Morgan fingerprint density at radius 1 is 1.10 bits per heavy atom. The van der Waals surface area contributed by atoms with Gasteiger partial charge in [0.25, 0.3) is 0 Å². The Bertz CT molecular complexity index is 1030. The van der Waals surface area contributed by atoms with Gasteiger partial charge in [-0.05, 0) is 99.7 Å². The zero-order chi connectivity index (χ0) is 31.7. The molecule has 0 N–H and O–H groups in total. The molecule has 4 nitrogen and oxygen atoms in total. The van der Waals surface area contributed by atoms with Crippen LogP contribution in [0.1, 0.15) is 118 Å². The lowest BCUT2D eigenvalue weighted by atomic mass is 9.77. The lowest BCUT2D eigenvalue weighted by Crippen LogP contribution is -2.29. The van der Waals surface area contributed by atoms with Crippen molar-refractivity contribution in [1.29, 1.82) is 5.26 Å². The van der Waals surface area contributed by atoms with E-state index in [1.54, 1.807) is 19.1 Å². The van der Waals surface area contributed by atoms with Gasteiger partial charge in [-0.25, -0.2) is 0 Å². The van der Waals surface area contributed by atoms with Crippen molar-refractivity contribution in [1.82, 2.24) is 0 Å². The summed E-state index contributed by atoms with van der Waals surface area (Å²) in [5.41, 5.74) is -0.458. The lowest BCUT2D eigenvalue weighted by Gasteiger charge is -2.27. The molecule has 0 spiro atoms. The second-order valence-electron chi connectivity index (χ2n) is 13.1.